The molecule has 0 bridgehead atoms. The Morgan fingerprint density at radius 2 is 1.84 bits per heavy atom. The van der Waals surface area contributed by atoms with Crippen LogP contribution in [0.1, 0.15) is 49.3 Å². The van der Waals surface area contributed by atoms with E-state index in [2.05, 4.69) is 56.8 Å². The molecule has 0 saturated heterocycles. The quantitative estimate of drug-likeness (QED) is 0.768. The first-order valence-electron chi connectivity index (χ1n) is 8.90. The van der Waals surface area contributed by atoms with Crippen molar-refractivity contribution in [3.05, 3.63) is 34.8 Å². The molecule has 0 aliphatic heterocycles. The predicted octanol–water partition coefficient (Wildman–Crippen LogP) is 4.37. The molecular weight excluding hydrogens is 310 g/mol. The first-order chi connectivity index (χ1) is 11.9. The SMILES string of the molecule is CCc1c(C)n(C)c2nc(-c3ccc(C(C)C)nc3NC)c(C)nc12. The summed E-state index contributed by atoms with van der Waals surface area (Å²) in [5, 5.41) is 3.22. The van der Waals surface area contributed by atoms with E-state index in [-0.39, 0.29) is 0 Å². The number of hydrogen-bond donors (Lipinski definition) is 1. The number of fused-ring (bicyclic) bond motifs is 1. The van der Waals surface area contributed by atoms with E-state index >= 15 is 0 Å². The summed E-state index contributed by atoms with van der Waals surface area (Å²) >= 11 is 0. The minimum absolute atomic E-state index is 0.387. The van der Waals surface area contributed by atoms with E-state index in [1.54, 1.807) is 0 Å². The monoisotopic (exact) mass is 337 g/mol. The van der Waals surface area contributed by atoms with Gasteiger partial charge in [-0.25, -0.2) is 15.0 Å². The highest BCUT2D eigenvalue weighted by molar-refractivity contribution is 5.83. The van der Waals surface area contributed by atoms with Crippen molar-refractivity contribution in [1.82, 2.24) is 19.5 Å². The number of nitrogens with zero attached hydrogens (tertiary/aromatic N) is 4. The van der Waals surface area contributed by atoms with Gasteiger partial charge < -0.3 is 9.88 Å². The van der Waals surface area contributed by atoms with Crippen LogP contribution in [0.3, 0.4) is 0 Å². The summed E-state index contributed by atoms with van der Waals surface area (Å²) in [7, 11) is 3.96. The van der Waals surface area contributed by atoms with E-state index in [1.807, 2.05) is 14.0 Å². The number of aromatic nitrogens is 4. The molecular formula is C20H27N5. The van der Waals surface area contributed by atoms with E-state index in [0.717, 1.165) is 46.0 Å². The van der Waals surface area contributed by atoms with E-state index in [4.69, 9.17) is 15.0 Å². The maximum absolute atomic E-state index is 4.98. The van der Waals surface area contributed by atoms with Gasteiger partial charge in [-0.2, -0.15) is 0 Å². The minimum atomic E-state index is 0.387. The van der Waals surface area contributed by atoms with Crippen molar-refractivity contribution in [2.45, 2.75) is 47.0 Å². The summed E-state index contributed by atoms with van der Waals surface area (Å²) in [4.78, 5) is 14.6. The third-order valence-corrected chi connectivity index (χ3v) is 4.95. The molecule has 0 radical (unpaired) electrons. The molecule has 3 rings (SSSR count). The zero-order valence-electron chi connectivity index (χ0n) is 16.2. The van der Waals surface area contributed by atoms with Gasteiger partial charge >= 0.3 is 0 Å². The van der Waals surface area contributed by atoms with Crippen molar-refractivity contribution in [2.75, 3.05) is 12.4 Å². The molecule has 0 aliphatic rings. The first kappa shape index (κ1) is 17.4. The fraction of sp³-hybridized carbons (Fsp3) is 0.450. The van der Waals surface area contributed by atoms with Gasteiger partial charge in [-0.05, 0) is 38.3 Å². The Labute approximate surface area is 149 Å². The summed E-state index contributed by atoms with van der Waals surface area (Å²) in [6, 6.07) is 4.19. The smallest absolute Gasteiger partial charge is 0.159 e. The lowest BCUT2D eigenvalue weighted by molar-refractivity contribution is 0.824. The van der Waals surface area contributed by atoms with Gasteiger partial charge in [0.05, 0.1) is 11.4 Å². The van der Waals surface area contributed by atoms with Crippen molar-refractivity contribution in [3.63, 3.8) is 0 Å². The second-order valence-electron chi connectivity index (χ2n) is 6.84. The molecule has 25 heavy (non-hydrogen) atoms. The molecule has 3 heterocycles. The number of rotatable bonds is 4. The van der Waals surface area contributed by atoms with Gasteiger partial charge in [-0.15, -0.1) is 0 Å². The van der Waals surface area contributed by atoms with E-state index in [0.29, 0.717) is 5.92 Å². The number of anilines is 1. The summed E-state index contributed by atoms with van der Waals surface area (Å²) in [5.74, 6) is 1.24. The Morgan fingerprint density at radius 1 is 1.12 bits per heavy atom. The Bertz CT molecular complexity index is 937. The van der Waals surface area contributed by atoms with Crippen molar-refractivity contribution >= 4 is 17.0 Å². The molecule has 0 unspecified atom stereocenters. The van der Waals surface area contributed by atoms with Crippen molar-refractivity contribution in [2.24, 2.45) is 7.05 Å². The summed E-state index contributed by atoms with van der Waals surface area (Å²) in [5.41, 5.74) is 8.36. The molecule has 0 aliphatic carbocycles. The fourth-order valence-electron chi connectivity index (χ4n) is 3.34. The molecule has 5 nitrogen and oxygen atoms in total. The molecule has 1 N–H and O–H groups in total. The summed E-state index contributed by atoms with van der Waals surface area (Å²) in [6.07, 6.45) is 0.961. The number of hydrogen-bond acceptors (Lipinski definition) is 4. The van der Waals surface area contributed by atoms with Crippen LogP contribution in [0.15, 0.2) is 12.1 Å². The van der Waals surface area contributed by atoms with Crippen molar-refractivity contribution in [3.8, 4) is 11.3 Å². The topological polar surface area (TPSA) is 55.6 Å². The van der Waals surface area contributed by atoms with Crippen molar-refractivity contribution < 1.29 is 0 Å². The van der Waals surface area contributed by atoms with E-state index in [9.17, 15) is 0 Å². The standard InChI is InChI=1S/C20H27N5/c1-8-14-13(5)25(7)20-18(14)22-12(4)17(24-20)15-9-10-16(11(2)3)23-19(15)21-6/h9-11H,8H2,1-7H3,(H,21,23). The van der Waals surface area contributed by atoms with Crippen LogP contribution in [-0.4, -0.2) is 26.6 Å². The van der Waals surface area contributed by atoms with Crippen LogP contribution in [0.5, 0.6) is 0 Å². The van der Waals surface area contributed by atoms with Crippen LogP contribution in [-0.2, 0) is 13.5 Å². The number of nitrogens with one attached hydrogen (secondary N) is 1. The molecule has 5 heteroatoms. The molecule has 0 amide bonds. The number of aryl methyl sites for hydroxylation is 3. The van der Waals surface area contributed by atoms with Gasteiger partial charge in [0.15, 0.2) is 5.65 Å². The average Bonchev–Trinajstić information content (AvgIpc) is 2.83. The molecule has 132 valence electrons. The lowest BCUT2D eigenvalue weighted by Gasteiger charge is -2.13. The van der Waals surface area contributed by atoms with Gasteiger partial charge in [0.2, 0.25) is 0 Å². The first-order valence-corrected chi connectivity index (χ1v) is 8.90. The van der Waals surface area contributed by atoms with Gasteiger partial charge in [0.1, 0.15) is 11.3 Å². The lowest BCUT2D eigenvalue weighted by atomic mass is 10.1. The Hall–Kier alpha value is -2.43. The Kier molecular flexibility index (Phi) is 4.50. The van der Waals surface area contributed by atoms with Gasteiger partial charge in [-0.1, -0.05) is 20.8 Å². The van der Waals surface area contributed by atoms with Crippen molar-refractivity contribution in [1.29, 1.82) is 0 Å². The summed E-state index contributed by atoms with van der Waals surface area (Å²) < 4.78 is 2.14. The van der Waals surface area contributed by atoms with Gasteiger partial charge in [0.25, 0.3) is 0 Å². The number of pyridine rings is 1. The third kappa shape index (κ3) is 2.77. The zero-order valence-corrected chi connectivity index (χ0v) is 16.2. The third-order valence-electron chi connectivity index (χ3n) is 4.95. The zero-order chi connectivity index (χ0) is 18.3. The average molecular weight is 337 g/mol. The molecule has 3 aromatic heterocycles. The van der Waals surface area contributed by atoms with E-state index in [1.165, 1.54) is 11.3 Å². The van der Waals surface area contributed by atoms with Crippen LogP contribution in [0, 0.1) is 13.8 Å². The van der Waals surface area contributed by atoms with Crippen LogP contribution >= 0.6 is 0 Å². The molecule has 0 atom stereocenters. The molecule has 3 aromatic rings. The van der Waals surface area contributed by atoms with Crippen LogP contribution in [0.4, 0.5) is 5.82 Å². The summed E-state index contributed by atoms with van der Waals surface area (Å²) in [6.45, 7) is 10.6. The minimum Gasteiger partial charge on any atom is -0.373 e. The second-order valence-corrected chi connectivity index (χ2v) is 6.84. The maximum atomic E-state index is 4.98. The maximum Gasteiger partial charge on any atom is 0.159 e. The largest absolute Gasteiger partial charge is 0.373 e. The normalized spacial score (nSPS) is 11.5. The molecule has 0 fully saturated rings. The molecule has 0 saturated carbocycles. The van der Waals surface area contributed by atoms with Crippen LogP contribution < -0.4 is 5.32 Å². The van der Waals surface area contributed by atoms with Gasteiger partial charge in [0, 0.05) is 36.6 Å². The Morgan fingerprint density at radius 3 is 2.44 bits per heavy atom. The van der Waals surface area contributed by atoms with Gasteiger partial charge in [-0.3, -0.25) is 0 Å². The molecule has 0 aromatic carbocycles. The predicted molar refractivity (Wildman–Crippen MR) is 104 cm³/mol. The fourth-order valence-corrected chi connectivity index (χ4v) is 3.34. The molecule has 0 spiro atoms. The van der Waals surface area contributed by atoms with Crippen LogP contribution in [0.25, 0.3) is 22.4 Å². The highest BCUT2D eigenvalue weighted by Crippen LogP contribution is 2.31. The second kappa shape index (κ2) is 6.47. The van der Waals surface area contributed by atoms with Crippen LogP contribution in [0.2, 0.25) is 0 Å². The highest BCUT2D eigenvalue weighted by atomic mass is 15.1. The highest BCUT2D eigenvalue weighted by Gasteiger charge is 2.18. The lowest BCUT2D eigenvalue weighted by Crippen LogP contribution is -2.04. The Balaban J connectivity index is 2.26. The van der Waals surface area contributed by atoms with E-state index < -0.39 is 0 Å².